The van der Waals surface area contributed by atoms with E-state index in [1.54, 1.807) is 55.1 Å². The van der Waals surface area contributed by atoms with Gasteiger partial charge in [-0.05, 0) is 50.6 Å². The van der Waals surface area contributed by atoms with Crippen LogP contribution in [0.15, 0.2) is 64.5 Å². The van der Waals surface area contributed by atoms with Crippen molar-refractivity contribution in [2.24, 2.45) is 4.99 Å². The predicted octanol–water partition coefficient (Wildman–Crippen LogP) is 2.91. The number of nitrogens with zero attached hydrogens (tertiary/aromatic N) is 4. The zero-order valence-corrected chi connectivity index (χ0v) is 19.9. The number of aromatic nitrogens is 3. The van der Waals surface area contributed by atoms with Gasteiger partial charge in [0.15, 0.2) is 5.49 Å². The molecular weight excluding hydrogens is 448 g/mol. The van der Waals surface area contributed by atoms with E-state index < -0.39 is 11.9 Å². The number of amides is 1. The van der Waals surface area contributed by atoms with Gasteiger partial charge in [-0.15, -0.1) is 0 Å². The van der Waals surface area contributed by atoms with E-state index in [4.69, 9.17) is 9.47 Å². The van der Waals surface area contributed by atoms with Crippen molar-refractivity contribution in [2.75, 3.05) is 20.3 Å². The SMILES string of the molecule is CCOC(=O)c1cc2c(=O)n3ccccc3nc2n(CCCOC)c1=NC(=O)c1ccc(C)cc1. The van der Waals surface area contributed by atoms with E-state index in [2.05, 4.69) is 9.98 Å². The molecule has 0 aliphatic rings. The van der Waals surface area contributed by atoms with Crippen LogP contribution in [0.1, 0.15) is 39.6 Å². The first-order chi connectivity index (χ1) is 16.9. The Labute approximate surface area is 201 Å². The number of hydrogen-bond donors (Lipinski definition) is 0. The van der Waals surface area contributed by atoms with Crippen LogP contribution >= 0.6 is 0 Å². The topological polar surface area (TPSA) is 104 Å². The normalized spacial score (nSPS) is 11.8. The molecule has 0 aliphatic heterocycles. The summed E-state index contributed by atoms with van der Waals surface area (Å²) in [5.41, 5.74) is 1.90. The quantitative estimate of drug-likeness (QED) is 0.232. The van der Waals surface area contributed by atoms with Gasteiger partial charge >= 0.3 is 5.97 Å². The number of methoxy groups -OCH3 is 1. The van der Waals surface area contributed by atoms with Gasteiger partial charge in [0.1, 0.15) is 16.9 Å². The van der Waals surface area contributed by atoms with Gasteiger partial charge in [-0.1, -0.05) is 23.8 Å². The lowest BCUT2D eigenvalue weighted by Crippen LogP contribution is -2.33. The minimum Gasteiger partial charge on any atom is -0.462 e. The van der Waals surface area contributed by atoms with Crippen molar-refractivity contribution in [1.82, 2.24) is 14.0 Å². The number of carbonyl (C=O) groups excluding carboxylic acids is 2. The number of ether oxygens (including phenoxy) is 2. The lowest BCUT2D eigenvalue weighted by atomic mass is 10.1. The van der Waals surface area contributed by atoms with Crippen LogP contribution in [0.2, 0.25) is 0 Å². The summed E-state index contributed by atoms with van der Waals surface area (Å²) in [6.45, 7) is 4.47. The lowest BCUT2D eigenvalue weighted by molar-refractivity contribution is 0.0523. The highest BCUT2D eigenvalue weighted by molar-refractivity contribution is 5.97. The smallest absolute Gasteiger partial charge is 0.341 e. The second-order valence-corrected chi connectivity index (χ2v) is 7.97. The fourth-order valence-electron chi connectivity index (χ4n) is 3.79. The first kappa shape index (κ1) is 24.0. The van der Waals surface area contributed by atoms with Crippen LogP contribution in [0.4, 0.5) is 0 Å². The van der Waals surface area contributed by atoms with Crippen LogP contribution < -0.4 is 11.0 Å². The van der Waals surface area contributed by atoms with Gasteiger partial charge in [0.05, 0.1) is 12.0 Å². The molecule has 9 nitrogen and oxygen atoms in total. The van der Waals surface area contributed by atoms with Gasteiger partial charge in [-0.25, -0.2) is 9.78 Å². The minimum absolute atomic E-state index is 0.0204. The number of benzene rings is 1. The Hall–Kier alpha value is -4.11. The second kappa shape index (κ2) is 10.4. The molecule has 0 fully saturated rings. The molecule has 0 unspecified atom stereocenters. The van der Waals surface area contributed by atoms with E-state index >= 15 is 0 Å². The highest BCUT2D eigenvalue weighted by Gasteiger charge is 2.20. The molecule has 0 saturated carbocycles. The Morgan fingerprint density at radius 3 is 2.60 bits per heavy atom. The Morgan fingerprint density at radius 2 is 1.89 bits per heavy atom. The van der Waals surface area contributed by atoms with E-state index in [1.807, 2.05) is 19.1 Å². The number of esters is 1. The average molecular weight is 475 g/mol. The zero-order chi connectivity index (χ0) is 24.9. The molecular formula is C26H26N4O5. The fraction of sp³-hybridized carbons (Fsp3) is 0.269. The summed E-state index contributed by atoms with van der Waals surface area (Å²) < 4.78 is 13.5. The van der Waals surface area contributed by atoms with Crippen LogP contribution in [-0.4, -0.2) is 46.2 Å². The molecule has 0 aliphatic carbocycles. The third-order valence-corrected chi connectivity index (χ3v) is 5.52. The Morgan fingerprint density at radius 1 is 1.11 bits per heavy atom. The molecule has 3 aromatic heterocycles. The molecule has 4 rings (SSSR count). The molecule has 35 heavy (non-hydrogen) atoms. The summed E-state index contributed by atoms with van der Waals surface area (Å²) in [5.74, 6) is -1.20. The molecule has 1 amide bonds. The average Bonchev–Trinajstić information content (AvgIpc) is 2.86. The number of hydrogen-bond acceptors (Lipinski definition) is 6. The summed E-state index contributed by atoms with van der Waals surface area (Å²) in [6, 6.07) is 13.6. The van der Waals surface area contributed by atoms with Crippen LogP contribution in [0.25, 0.3) is 16.7 Å². The lowest BCUT2D eigenvalue weighted by Gasteiger charge is -2.15. The van der Waals surface area contributed by atoms with Gasteiger partial charge < -0.3 is 14.0 Å². The van der Waals surface area contributed by atoms with Crippen molar-refractivity contribution in [3.05, 3.63) is 87.3 Å². The van der Waals surface area contributed by atoms with E-state index in [0.29, 0.717) is 36.4 Å². The van der Waals surface area contributed by atoms with Gasteiger partial charge in [0, 0.05) is 32.0 Å². The van der Waals surface area contributed by atoms with Gasteiger partial charge in [-0.3, -0.25) is 14.0 Å². The van der Waals surface area contributed by atoms with Crippen molar-refractivity contribution in [1.29, 1.82) is 0 Å². The summed E-state index contributed by atoms with van der Waals surface area (Å²) in [4.78, 5) is 48.4. The maximum absolute atomic E-state index is 13.3. The summed E-state index contributed by atoms with van der Waals surface area (Å²) in [6.07, 6.45) is 2.15. The van der Waals surface area contributed by atoms with Crippen LogP contribution in [-0.2, 0) is 16.0 Å². The molecule has 3 heterocycles. The van der Waals surface area contributed by atoms with E-state index in [9.17, 15) is 14.4 Å². The molecule has 180 valence electrons. The van der Waals surface area contributed by atoms with Crippen molar-refractivity contribution in [3.8, 4) is 0 Å². The first-order valence-corrected chi connectivity index (χ1v) is 11.3. The number of pyridine rings is 2. The van der Waals surface area contributed by atoms with Crippen molar-refractivity contribution in [2.45, 2.75) is 26.8 Å². The van der Waals surface area contributed by atoms with Gasteiger partial charge in [0.2, 0.25) is 0 Å². The molecule has 0 saturated heterocycles. The van der Waals surface area contributed by atoms with E-state index in [-0.39, 0.29) is 28.6 Å². The fourth-order valence-corrected chi connectivity index (χ4v) is 3.79. The van der Waals surface area contributed by atoms with Crippen LogP contribution in [0, 0.1) is 6.92 Å². The summed E-state index contributed by atoms with van der Waals surface area (Å²) >= 11 is 0. The van der Waals surface area contributed by atoms with E-state index in [1.165, 1.54) is 10.5 Å². The third kappa shape index (κ3) is 4.90. The first-order valence-electron chi connectivity index (χ1n) is 11.3. The maximum Gasteiger partial charge on any atom is 0.341 e. The Balaban J connectivity index is 2.08. The number of fused-ring (bicyclic) bond motifs is 2. The Kier molecular flexibility index (Phi) is 7.17. The zero-order valence-electron chi connectivity index (χ0n) is 19.9. The molecule has 4 aromatic rings. The highest BCUT2D eigenvalue weighted by atomic mass is 16.5. The van der Waals surface area contributed by atoms with Crippen molar-refractivity contribution in [3.63, 3.8) is 0 Å². The number of aryl methyl sites for hydroxylation is 2. The molecule has 0 atom stereocenters. The molecule has 0 N–H and O–H groups in total. The Bertz CT molecular complexity index is 1530. The number of rotatable bonds is 7. The molecule has 0 bridgehead atoms. The van der Waals surface area contributed by atoms with Crippen LogP contribution in [0.3, 0.4) is 0 Å². The largest absolute Gasteiger partial charge is 0.462 e. The molecule has 1 aromatic carbocycles. The summed E-state index contributed by atoms with van der Waals surface area (Å²) in [5, 5.41) is 0.218. The van der Waals surface area contributed by atoms with Crippen LogP contribution in [0.5, 0.6) is 0 Å². The second-order valence-electron chi connectivity index (χ2n) is 7.97. The molecule has 9 heteroatoms. The highest BCUT2D eigenvalue weighted by Crippen LogP contribution is 2.13. The van der Waals surface area contributed by atoms with E-state index in [0.717, 1.165) is 5.56 Å². The van der Waals surface area contributed by atoms with Crippen molar-refractivity contribution < 1.29 is 19.1 Å². The predicted molar refractivity (Wildman–Crippen MR) is 130 cm³/mol. The number of carbonyl (C=O) groups is 2. The third-order valence-electron chi connectivity index (χ3n) is 5.52. The minimum atomic E-state index is -0.678. The molecule has 0 radical (unpaired) electrons. The molecule has 0 spiro atoms. The standard InChI is InChI=1S/C26H26N4O5/c1-4-35-26(33)20-16-19-22(27-21-8-5-6-13-29(21)25(19)32)30(14-7-15-34-3)23(20)28-24(31)18-11-9-17(2)10-12-18/h5-6,8-13,16H,4,7,14-15H2,1-3H3. The van der Waals surface area contributed by atoms with Gasteiger partial charge in [-0.2, -0.15) is 4.99 Å². The monoisotopic (exact) mass is 474 g/mol. The van der Waals surface area contributed by atoms with Crippen molar-refractivity contribution >= 4 is 28.6 Å². The maximum atomic E-state index is 13.3. The van der Waals surface area contributed by atoms with Gasteiger partial charge in [0.25, 0.3) is 11.5 Å². The summed E-state index contributed by atoms with van der Waals surface area (Å²) in [7, 11) is 1.59.